The summed E-state index contributed by atoms with van der Waals surface area (Å²) >= 11 is 1.56. The molecule has 4 rings (SSSR count). The summed E-state index contributed by atoms with van der Waals surface area (Å²) < 4.78 is 10.8. The molecular formula is C18H14N2O3S. The van der Waals surface area contributed by atoms with Gasteiger partial charge in [-0.3, -0.25) is 4.79 Å². The van der Waals surface area contributed by atoms with Crippen LogP contribution in [0.25, 0.3) is 21.8 Å². The quantitative estimate of drug-likeness (QED) is 0.789. The van der Waals surface area contributed by atoms with Gasteiger partial charge in [0.1, 0.15) is 16.5 Å². The molecular weight excluding hydrogens is 324 g/mol. The number of nitrogens with zero attached hydrogens (tertiary/aromatic N) is 1. The Kier molecular flexibility index (Phi) is 3.66. The van der Waals surface area contributed by atoms with E-state index in [0.29, 0.717) is 11.4 Å². The van der Waals surface area contributed by atoms with Gasteiger partial charge < -0.3 is 14.8 Å². The largest absolute Gasteiger partial charge is 0.496 e. The van der Waals surface area contributed by atoms with Crippen molar-refractivity contribution in [1.29, 1.82) is 0 Å². The molecule has 0 saturated heterocycles. The number of carbonyl (C=O) groups is 1. The molecule has 1 aliphatic rings. The fourth-order valence-electron chi connectivity index (χ4n) is 2.59. The van der Waals surface area contributed by atoms with E-state index >= 15 is 0 Å². The number of hydrogen-bond acceptors (Lipinski definition) is 5. The highest BCUT2D eigenvalue weighted by Crippen LogP contribution is 2.37. The van der Waals surface area contributed by atoms with Crippen LogP contribution in [0.3, 0.4) is 0 Å². The summed E-state index contributed by atoms with van der Waals surface area (Å²) in [5, 5.41) is 5.70. The predicted octanol–water partition coefficient (Wildman–Crippen LogP) is 3.82. The molecule has 0 unspecified atom stereocenters. The molecule has 0 bridgehead atoms. The van der Waals surface area contributed by atoms with Crippen LogP contribution in [-0.2, 0) is 4.79 Å². The lowest BCUT2D eigenvalue weighted by Gasteiger charge is -2.18. The lowest BCUT2D eigenvalue weighted by atomic mass is 10.1. The second kappa shape index (κ2) is 5.98. The highest BCUT2D eigenvalue weighted by atomic mass is 32.1. The van der Waals surface area contributed by atoms with Gasteiger partial charge in [0.15, 0.2) is 6.61 Å². The van der Waals surface area contributed by atoms with Crippen molar-refractivity contribution in [3.8, 4) is 33.3 Å². The van der Waals surface area contributed by atoms with E-state index in [2.05, 4.69) is 5.32 Å². The van der Waals surface area contributed by atoms with Crippen LogP contribution in [0.5, 0.6) is 11.5 Å². The number of hydrogen-bond donors (Lipinski definition) is 1. The SMILES string of the molecule is COc1ccccc1-c1nc(-c2ccc3c(c2)NC(=O)CO3)cs1. The van der Waals surface area contributed by atoms with Crippen LogP contribution in [-0.4, -0.2) is 24.6 Å². The third kappa shape index (κ3) is 2.61. The Morgan fingerprint density at radius 2 is 2.12 bits per heavy atom. The van der Waals surface area contributed by atoms with Gasteiger partial charge in [0.2, 0.25) is 0 Å². The van der Waals surface area contributed by atoms with Crippen molar-refractivity contribution in [3.63, 3.8) is 0 Å². The summed E-state index contributed by atoms with van der Waals surface area (Å²) in [5.74, 6) is 1.33. The van der Waals surface area contributed by atoms with E-state index in [0.717, 1.165) is 27.6 Å². The van der Waals surface area contributed by atoms with E-state index in [1.807, 2.05) is 47.8 Å². The van der Waals surface area contributed by atoms with Crippen molar-refractivity contribution in [3.05, 3.63) is 47.8 Å². The van der Waals surface area contributed by atoms with Crippen LogP contribution in [0, 0.1) is 0 Å². The Morgan fingerprint density at radius 3 is 3.00 bits per heavy atom. The number of benzene rings is 2. The molecule has 5 nitrogen and oxygen atoms in total. The molecule has 2 aromatic carbocycles. The van der Waals surface area contributed by atoms with Gasteiger partial charge in [-0.05, 0) is 30.3 Å². The first-order chi connectivity index (χ1) is 11.7. The molecule has 0 spiro atoms. The number of anilines is 1. The van der Waals surface area contributed by atoms with Crippen LogP contribution in [0.2, 0.25) is 0 Å². The maximum absolute atomic E-state index is 11.5. The highest BCUT2D eigenvalue weighted by Gasteiger charge is 2.17. The molecule has 3 aromatic rings. The molecule has 1 N–H and O–H groups in total. The van der Waals surface area contributed by atoms with Crippen LogP contribution < -0.4 is 14.8 Å². The summed E-state index contributed by atoms with van der Waals surface area (Å²) in [5.41, 5.74) is 3.42. The number of nitrogens with one attached hydrogen (secondary N) is 1. The highest BCUT2D eigenvalue weighted by molar-refractivity contribution is 7.13. The number of para-hydroxylation sites is 1. The number of thiazole rings is 1. The molecule has 120 valence electrons. The van der Waals surface area contributed by atoms with Crippen LogP contribution in [0.4, 0.5) is 5.69 Å². The second-order valence-electron chi connectivity index (χ2n) is 5.29. The van der Waals surface area contributed by atoms with E-state index in [4.69, 9.17) is 14.5 Å². The lowest BCUT2D eigenvalue weighted by molar-refractivity contribution is -0.118. The molecule has 2 heterocycles. The average Bonchev–Trinajstić information content (AvgIpc) is 3.11. The summed E-state index contributed by atoms with van der Waals surface area (Å²) in [4.78, 5) is 16.2. The van der Waals surface area contributed by atoms with Crippen molar-refractivity contribution in [2.24, 2.45) is 0 Å². The van der Waals surface area contributed by atoms with Crippen LogP contribution >= 0.6 is 11.3 Å². The Balaban J connectivity index is 1.70. The van der Waals surface area contributed by atoms with E-state index in [-0.39, 0.29) is 12.5 Å². The van der Waals surface area contributed by atoms with Gasteiger partial charge in [-0.15, -0.1) is 11.3 Å². The smallest absolute Gasteiger partial charge is 0.262 e. The van der Waals surface area contributed by atoms with Crippen molar-refractivity contribution >= 4 is 22.9 Å². The van der Waals surface area contributed by atoms with Gasteiger partial charge in [-0.25, -0.2) is 4.98 Å². The number of methoxy groups -OCH3 is 1. The van der Waals surface area contributed by atoms with Crippen LogP contribution in [0.1, 0.15) is 0 Å². The lowest BCUT2D eigenvalue weighted by Crippen LogP contribution is -2.25. The molecule has 0 fully saturated rings. The molecule has 0 saturated carbocycles. The number of amides is 1. The van der Waals surface area contributed by atoms with Crippen molar-refractivity contribution in [2.75, 3.05) is 19.0 Å². The van der Waals surface area contributed by atoms with Gasteiger partial charge in [0.05, 0.1) is 24.1 Å². The van der Waals surface area contributed by atoms with Crippen molar-refractivity contribution < 1.29 is 14.3 Å². The molecule has 0 atom stereocenters. The number of ether oxygens (including phenoxy) is 2. The fourth-order valence-corrected chi connectivity index (χ4v) is 3.45. The average molecular weight is 338 g/mol. The molecule has 24 heavy (non-hydrogen) atoms. The van der Waals surface area contributed by atoms with E-state index in [1.54, 1.807) is 18.4 Å². The van der Waals surface area contributed by atoms with E-state index in [1.165, 1.54) is 0 Å². The standard InChI is InChI=1S/C18H14N2O3S/c1-22-15-5-3-2-4-12(15)18-20-14(10-24-18)11-6-7-16-13(8-11)19-17(21)9-23-16/h2-8,10H,9H2,1H3,(H,19,21). The maximum Gasteiger partial charge on any atom is 0.262 e. The zero-order valence-corrected chi connectivity index (χ0v) is 13.7. The summed E-state index contributed by atoms with van der Waals surface area (Å²) in [6.07, 6.45) is 0. The minimum Gasteiger partial charge on any atom is -0.496 e. The van der Waals surface area contributed by atoms with Gasteiger partial charge in [0, 0.05) is 10.9 Å². The van der Waals surface area contributed by atoms with Crippen LogP contribution in [0.15, 0.2) is 47.8 Å². The Bertz CT molecular complexity index is 920. The second-order valence-corrected chi connectivity index (χ2v) is 6.14. The first-order valence-corrected chi connectivity index (χ1v) is 8.28. The van der Waals surface area contributed by atoms with Gasteiger partial charge in [-0.2, -0.15) is 0 Å². The van der Waals surface area contributed by atoms with Gasteiger partial charge in [-0.1, -0.05) is 12.1 Å². The number of rotatable bonds is 3. The Morgan fingerprint density at radius 1 is 1.25 bits per heavy atom. The number of aromatic nitrogens is 1. The summed E-state index contributed by atoms with van der Waals surface area (Å²) in [6.45, 7) is 0.0565. The first-order valence-electron chi connectivity index (χ1n) is 7.40. The van der Waals surface area contributed by atoms with E-state index in [9.17, 15) is 4.79 Å². The topological polar surface area (TPSA) is 60.5 Å². The third-order valence-corrected chi connectivity index (χ3v) is 4.63. The first kappa shape index (κ1) is 14.7. The predicted molar refractivity (Wildman–Crippen MR) is 93.7 cm³/mol. The molecule has 1 aliphatic heterocycles. The Labute approximate surface area is 142 Å². The maximum atomic E-state index is 11.5. The zero-order valence-electron chi connectivity index (χ0n) is 12.9. The summed E-state index contributed by atoms with van der Waals surface area (Å²) in [6, 6.07) is 13.5. The van der Waals surface area contributed by atoms with Gasteiger partial charge >= 0.3 is 0 Å². The molecule has 0 aliphatic carbocycles. The van der Waals surface area contributed by atoms with Crippen molar-refractivity contribution in [2.45, 2.75) is 0 Å². The number of fused-ring (bicyclic) bond motifs is 1. The molecule has 1 amide bonds. The van der Waals surface area contributed by atoms with Crippen molar-refractivity contribution in [1.82, 2.24) is 4.98 Å². The normalized spacial score (nSPS) is 13.0. The summed E-state index contributed by atoms with van der Waals surface area (Å²) in [7, 11) is 1.65. The third-order valence-electron chi connectivity index (χ3n) is 3.75. The minimum atomic E-state index is -0.146. The Hall–Kier alpha value is -2.86. The van der Waals surface area contributed by atoms with E-state index < -0.39 is 0 Å². The molecule has 0 radical (unpaired) electrons. The molecule has 1 aromatic heterocycles. The molecule has 6 heteroatoms. The number of carbonyl (C=O) groups excluding carboxylic acids is 1. The zero-order chi connectivity index (χ0) is 16.5. The monoisotopic (exact) mass is 338 g/mol. The minimum absolute atomic E-state index is 0.0565. The fraction of sp³-hybridized carbons (Fsp3) is 0.111. The van der Waals surface area contributed by atoms with Gasteiger partial charge in [0.25, 0.3) is 5.91 Å².